The summed E-state index contributed by atoms with van der Waals surface area (Å²) < 4.78 is 12.8. The Hall–Kier alpha value is -1.94. The average Bonchev–Trinajstić information content (AvgIpc) is 2.49. The van der Waals surface area contributed by atoms with E-state index in [2.05, 4.69) is 36.6 Å². The van der Waals surface area contributed by atoms with Crippen LogP contribution in [0.2, 0.25) is 0 Å². The molecule has 0 amide bonds. The summed E-state index contributed by atoms with van der Waals surface area (Å²) in [6.07, 6.45) is 1.85. The second-order valence-corrected chi connectivity index (χ2v) is 5.82. The van der Waals surface area contributed by atoms with Gasteiger partial charge in [0, 0.05) is 12.2 Å². The molecule has 4 heteroatoms. The smallest absolute Gasteiger partial charge is 0.170 e. The number of hydrogen-bond acceptors (Lipinski definition) is 1. The summed E-state index contributed by atoms with van der Waals surface area (Å²) >= 11 is 5.29. The third-order valence-electron chi connectivity index (χ3n) is 3.61. The maximum atomic E-state index is 12.8. The van der Waals surface area contributed by atoms with Crippen LogP contribution in [0.1, 0.15) is 23.1 Å². The van der Waals surface area contributed by atoms with E-state index in [-0.39, 0.29) is 5.82 Å². The SMILES string of the molecule is Cc1ccc(NC(=S)NCCCc2ccc(F)cc2)cc1C. The van der Waals surface area contributed by atoms with Crippen molar-refractivity contribution in [3.8, 4) is 0 Å². The molecule has 0 aromatic heterocycles. The topological polar surface area (TPSA) is 24.1 Å². The fourth-order valence-corrected chi connectivity index (χ4v) is 2.36. The molecule has 0 spiro atoms. The van der Waals surface area contributed by atoms with Gasteiger partial charge in [-0.25, -0.2) is 4.39 Å². The summed E-state index contributed by atoms with van der Waals surface area (Å²) in [5.74, 6) is -0.194. The standard InChI is InChI=1S/C18H21FN2S/c1-13-5-10-17(12-14(13)2)21-18(22)20-11-3-4-15-6-8-16(19)9-7-15/h5-10,12H,3-4,11H2,1-2H3,(H2,20,21,22). The van der Waals surface area contributed by atoms with Crippen molar-refractivity contribution in [2.75, 3.05) is 11.9 Å². The molecule has 0 aliphatic carbocycles. The van der Waals surface area contributed by atoms with E-state index < -0.39 is 0 Å². The molecule has 0 saturated carbocycles. The minimum absolute atomic E-state index is 0.194. The fourth-order valence-electron chi connectivity index (χ4n) is 2.14. The van der Waals surface area contributed by atoms with E-state index in [0.717, 1.165) is 30.6 Å². The normalized spacial score (nSPS) is 10.3. The Morgan fingerprint density at radius 2 is 1.77 bits per heavy atom. The van der Waals surface area contributed by atoms with Gasteiger partial charge in [0.05, 0.1) is 0 Å². The predicted molar refractivity (Wildman–Crippen MR) is 94.9 cm³/mol. The van der Waals surface area contributed by atoms with Crippen molar-refractivity contribution in [2.45, 2.75) is 26.7 Å². The van der Waals surface area contributed by atoms with Crippen molar-refractivity contribution in [2.24, 2.45) is 0 Å². The third kappa shape index (κ3) is 5.11. The number of halogens is 1. The monoisotopic (exact) mass is 316 g/mol. The minimum Gasteiger partial charge on any atom is -0.362 e. The molecule has 0 fully saturated rings. The average molecular weight is 316 g/mol. The van der Waals surface area contributed by atoms with Crippen LogP contribution in [0.15, 0.2) is 42.5 Å². The number of rotatable bonds is 5. The molecule has 22 heavy (non-hydrogen) atoms. The molecule has 0 saturated heterocycles. The molecule has 2 aromatic rings. The lowest BCUT2D eigenvalue weighted by Crippen LogP contribution is -2.29. The van der Waals surface area contributed by atoms with Gasteiger partial charge in [0.25, 0.3) is 0 Å². The quantitative estimate of drug-likeness (QED) is 0.633. The zero-order chi connectivity index (χ0) is 15.9. The second-order valence-electron chi connectivity index (χ2n) is 5.41. The first kappa shape index (κ1) is 16.4. The van der Waals surface area contributed by atoms with Crippen LogP contribution in [-0.2, 0) is 6.42 Å². The molecule has 2 nitrogen and oxygen atoms in total. The minimum atomic E-state index is -0.194. The van der Waals surface area contributed by atoms with Gasteiger partial charge in [0.15, 0.2) is 5.11 Å². The Morgan fingerprint density at radius 3 is 2.45 bits per heavy atom. The van der Waals surface area contributed by atoms with Crippen LogP contribution in [0.5, 0.6) is 0 Å². The van der Waals surface area contributed by atoms with Crippen molar-refractivity contribution < 1.29 is 4.39 Å². The largest absolute Gasteiger partial charge is 0.362 e. The highest BCUT2D eigenvalue weighted by Crippen LogP contribution is 2.13. The van der Waals surface area contributed by atoms with Crippen LogP contribution in [-0.4, -0.2) is 11.7 Å². The van der Waals surface area contributed by atoms with Gasteiger partial charge >= 0.3 is 0 Å². The van der Waals surface area contributed by atoms with Gasteiger partial charge in [0.1, 0.15) is 5.82 Å². The molecule has 0 bridgehead atoms. The van der Waals surface area contributed by atoms with E-state index in [1.54, 1.807) is 0 Å². The summed E-state index contributed by atoms with van der Waals surface area (Å²) in [5, 5.41) is 7.01. The molecule has 0 heterocycles. The summed E-state index contributed by atoms with van der Waals surface area (Å²) in [6, 6.07) is 12.8. The van der Waals surface area contributed by atoms with E-state index in [1.807, 2.05) is 18.2 Å². The number of thiocarbonyl (C=S) groups is 1. The van der Waals surface area contributed by atoms with Crippen LogP contribution in [0.25, 0.3) is 0 Å². The molecule has 116 valence electrons. The van der Waals surface area contributed by atoms with Gasteiger partial charge in [0.2, 0.25) is 0 Å². The molecular formula is C18H21FN2S. The van der Waals surface area contributed by atoms with Crippen molar-refractivity contribution in [1.29, 1.82) is 0 Å². The van der Waals surface area contributed by atoms with E-state index in [4.69, 9.17) is 12.2 Å². The lowest BCUT2D eigenvalue weighted by molar-refractivity contribution is 0.626. The molecular weight excluding hydrogens is 295 g/mol. The highest BCUT2D eigenvalue weighted by molar-refractivity contribution is 7.80. The lowest BCUT2D eigenvalue weighted by atomic mass is 10.1. The van der Waals surface area contributed by atoms with Gasteiger partial charge in [-0.2, -0.15) is 0 Å². The fraction of sp³-hybridized carbons (Fsp3) is 0.278. The molecule has 2 aromatic carbocycles. The Bertz CT molecular complexity index is 638. The third-order valence-corrected chi connectivity index (χ3v) is 3.85. The van der Waals surface area contributed by atoms with E-state index in [0.29, 0.717) is 5.11 Å². The first-order valence-corrected chi connectivity index (χ1v) is 7.82. The predicted octanol–water partition coefficient (Wildman–Crippen LogP) is 4.36. The Kier molecular flexibility index (Phi) is 5.90. The van der Waals surface area contributed by atoms with E-state index in [1.165, 1.54) is 23.3 Å². The number of aryl methyl sites for hydroxylation is 3. The number of benzene rings is 2. The van der Waals surface area contributed by atoms with Crippen molar-refractivity contribution in [3.63, 3.8) is 0 Å². The van der Waals surface area contributed by atoms with Crippen LogP contribution in [0.3, 0.4) is 0 Å². The van der Waals surface area contributed by atoms with Gasteiger partial charge in [-0.05, 0) is 79.9 Å². The Labute approximate surface area is 136 Å². The van der Waals surface area contributed by atoms with Crippen LogP contribution in [0, 0.1) is 19.7 Å². The highest BCUT2D eigenvalue weighted by Gasteiger charge is 2.00. The molecule has 0 radical (unpaired) electrons. The summed E-state index contributed by atoms with van der Waals surface area (Å²) in [7, 11) is 0. The first-order chi connectivity index (χ1) is 10.5. The van der Waals surface area contributed by atoms with Crippen molar-refractivity contribution in [1.82, 2.24) is 5.32 Å². The maximum Gasteiger partial charge on any atom is 0.170 e. The Morgan fingerprint density at radius 1 is 1.05 bits per heavy atom. The molecule has 2 N–H and O–H groups in total. The van der Waals surface area contributed by atoms with Crippen molar-refractivity contribution >= 4 is 23.0 Å². The zero-order valence-corrected chi connectivity index (χ0v) is 13.8. The summed E-state index contributed by atoms with van der Waals surface area (Å²) in [4.78, 5) is 0. The van der Waals surface area contributed by atoms with Gasteiger partial charge in [-0.15, -0.1) is 0 Å². The summed E-state index contributed by atoms with van der Waals surface area (Å²) in [5.41, 5.74) is 4.64. The number of hydrogen-bond donors (Lipinski definition) is 2. The number of nitrogens with one attached hydrogen (secondary N) is 2. The molecule has 0 atom stereocenters. The zero-order valence-electron chi connectivity index (χ0n) is 12.9. The molecule has 0 unspecified atom stereocenters. The van der Waals surface area contributed by atoms with Gasteiger partial charge < -0.3 is 10.6 Å². The summed E-state index contributed by atoms with van der Waals surface area (Å²) in [6.45, 7) is 4.96. The van der Waals surface area contributed by atoms with Gasteiger partial charge in [-0.1, -0.05) is 18.2 Å². The van der Waals surface area contributed by atoms with E-state index >= 15 is 0 Å². The van der Waals surface area contributed by atoms with Crippen LogP contribution >= 0.6 is 12.2 Å². The lowest BCUT2D eigenvalue weighted by Gasteiger charge is -2.11. The maximum absolute atomic E-state index is 12.8. The number of anilines is 1. The highest BCUT2D eigenvalue weighted by atomic mass is 32.1. The Balaban J connectivity index is 1.71. The van der Waals surface area contributed by atoms with Crippen LogP contribution < -0.4 is 10.6 Å². The molecule has 0 aliphatic heterocycles. The van der Waals surface area contributed by atoms with E-state index in [9.17, 15) is 4.39 Å². The molecule has 0 aliphatic rings. The van der Waals surface area contributed by atoms with Gasteiger partial charge in [-0.3, -0.25) is 0 Å². The van der Waals surface area contributed by atoms with Crippen molar-refractivity contribution in [3.05, 3.63) is 65.0 Å². The van der Waals surface area contributed by atoms with Crippen LogP contribution in [0.4, 0.5) is 10.1 Å². The second kappa shape index (κ2) is 7.90. The molecule has 2 rings (SSSR count). The first-order valence-electron chi connectivity index (χ1n) is 7.41.